The molecule has 3 heteroatoms. The van der Waals surface area contributed by atoms with Crippen molar-refractivity contribution < 1.29 is 4.39 Å². The highest BCUT2D eigenvalue weighted by atomic mass is 19.1. The van der Waals surface area contributed by atoms with E-state index in [1.807, 2.05) is 6.07 Å². The number of rotatable bonds is 1. The number of hydrogen-bond donors (Lipinski definition) is 1. The van der Waals surface area contributed by atoms with Gasteiger partial charge in [0.1, 0.15) is 5.82 Å². The van der Waals surface area contributed by atoms with Gasteiger partial charge in [-0.2, -0.15) is 0 Å². The Morgan fingerprint density at radius 2 is 2.29 bits per heavy atom. The Balaban J connectivity index is 2.35. The second-order valence-electron chi connectivity index (χ2n) is 4.91. The zero-order chi connectivity index (χ0) is 12.0. The predicted molar refractivity (Wildman–Crippen MR) is 67.6 cm³/mol. The smallest absolute Gasteiger partial charge is 0.123 e. The Labute approximate surface area is 100 Å². The summed E-state index contributed by atoms with van der Waals surface area (Å²) in [5.74, 6) is 0.233. The fourth-order valence-corrected chi connectivity index (χ4v) is 3.15. The number of fused-ring (bicyclic) bond motifs is 3. The van der Waals surface area contributed by atoms with Crippen molar-refractivity contribution in [1.29, 1.82) is 0 Å². The van der Waals surface area contributed by atoms with Gasteiger partial charge < -0.3 is 10.3 Å². The number of benzene rings is 1. The van der Waals surface area contributed by atoms with Gasteiger partial charge in [-0.15, -0.1) is 0 Å². The fraction of sp³-hybridized carbons (Fsp3) is 0.429. The topological polar surface area (TPSA) is 30.9 Å². The second-order valence-corrected chi connectivity index (χ2v) is 4.91. The monoisotopic (exact) mass is 232 g/mol. The van der Waals surface area contributed by atoms with E-state index in [9.17, 15) is 4.39 Å². The summed E-state index contributed by atoms with van der Waals surface area (Å²) in [6.07, 6.45) is 3.39. The predicted octanol–water partition coefficient (Wildman–Crippen LogP) is 2.70. The molecule has 2 nitrogen and oxygen atoms in total. The molecule has 1 aliphatic rings. The SMILES string of the molecule is Cn1c2c(c3cc(F)ccc31)C(CN)CCC2. The normalized spacial score (nSPS) is 19.6. The van der Waals surface area contributed by atoms with E-state index in [0.29, 0.717) is 12.5 Å². The molecule has 90 valence electrons. The summed E-state index contributed by atoms with van der Waals surface area (Å²) in [5.41, 5.74) is 9.60. The molecule has 0 saturated heterocycles. The minimum absolute atomic E-state index is 0.160. The third-order valence-electron chi connectivity index (χ3n) is 3.98. The highest BCUT2D eigenvalue weighted by Crippen LogP contribution is 2.38. The van der Waals surface area contributed by atoms with Crippen LogP contribution in [0.4, 0.5) is 4.39 Å². The number of hydrogen-bond acceptors (Lipinski definition) is 1. The van der Waals surface area contributed by atoms with Gasteiger partial charge in [0.05, 0.1) is 0 Å². The van der Waals surface area contributed by atoms with Crippen LogP contribution >= 0.6 is 0 Å². The van der Waals surface area contributed by atoms with Gasteiger partial charge in [0, 0.05) is 23.6 Å². The molecule has 3 rings (SSSR count). The van der Waals surface area contributed by atoms with Crippen molar-refractivity contribution in [3.8, 4) is 0 Å². The lowest BCUT2D eigenvalue weighted by atomic mass is 9.85. The zero-order valence-electron chi connectivity index (χ0n) is 10.0. The van der Waals surface area contributed by atoms with Crippen LogP contribution in [0, 0.1) is 5.82 Å². The van der Waals surface area contributed by atoms with Gasteiger partial charge in [-0.25, -0.2) is 4.39 Å². The van der Waals surface area contributed by atoms with E-state index in [0.717, 1.165) is 23.7 Å². The average molecular weight is 232 g/mol. The van der Waals surface area contributed by atoms with Crippen LogP contribution in [-0.4, -0.2) is 11.1 Å². The van der Waals surface area contributed by atoms with Crippen LogP contribution < -0.4 is 5.73 Å². The molecule has 1 heterocycles. The molecule has 2 aromatic rings. The summed E-state index contributed by atoms with van der Waals surface area (Å²) >= 11 is 0. The van der Waals surface area contributed by atoms with E-state index in [1.165, 1.54) is 23.7 Å². The van der Waals surface area contributed by atoms with Crippen molar-refractivity contribution in [2.24, 2.45) is 12.8 Å². The van der Waals surface area contributed by atoms with Crippen LogP contribution in [0.5, 0.6) is 0 Å². The summed E-state index contributed by atoms with van der Waals surface area (Å²) in [6.45, 7) is 0.655. The van der Waals surface area contributed by atoms with Crippen molar-refractivity contribution in [3.05, 3.63) is 35.3 Å². The summed E-state index contributed by atoms with van der Waals surface area (Å²) in [6, 6.07) is 5.06. The van der Waals surface area contributed by atoms with Gasteiger partial charge in [0.15, 0.2) is 0 Å². The van der Waals surface area contributed by atoms with Crippen LogP contribution in [0.3, 0.4) is 0 Å². The first-order valence-corrected chi connectivity index (χ1v) is 6.19. The highest BCUT2D eigenvalue weighted by molar-refractivity contribution is 5.86. The standard InChI is InChI=1S/C14H17FN2/c1-17-12-6-5-10(15)7-11(12)14-9(8-16)3-2-4-13(14)17/h5-7,9H,2-4,8,16H2,1H3. The Morgan fingerprint density at radius 3 is 3.06 bits per heavy atom. The van der Waals surface area contributed by atoms with Crippen LogP contribution in [0.25, 0.3) is 10.9 Å². The largest absolute Gasteiger partial charge is 0.347 e. The fourth-order valence-electron chi connectivity index (χ4n) is 3.15. The minimum atomic E-state index is -0.160. The maximum Gasteiger partial charge on any atom is 0.123 e. The van der Waals surface area contributed by atoms with Crippen LogP contribution in [0.1, 0.15) is 30.0 Å². The lowest BCUT2D eigenvalue weighted by molar-refractivity contribution is 0.549. The molecule has 1 aromatic heterocycles. The first-order valence-electron chi connectivity index (χ1n) is 6.19. The van der Waals surface area contributed by atoms with Gasteiger partial charge in [-0.3, -0.25) is 0 Å². The Bertz CT molecular complexity index is 571. The summed E-state index contributed by atoms with van der Waals surface area (Å²) in [5, 5.41) is 1.05. The highest BCUT2D eigenvalue weighted by Gasteiger charge is 2.25. The summed E-state index contributed by atoms with van der Waals surface area (Å²) in [4.78, 5) is 0. The van der Waals surface area contributed by atoms with E-state index in [-0.39, 0.29) is 5.82 Å². The molecule has 0 saturated carbocycles. The van der Waals surface area contributed by atoms with Crippen LogP contribution in [0.2, 0.25) is 0 Å². The molecule has 17 heavy (non-hydrogen) atoms. The molecule has 1 aliphatic carbocycles. The van der Waals surface area contributed by atoms with Crippen molar-refractivity contribution in [2.75, 3.05) is 6.54 Å². The van der Waals surface area contributed by atoms with Gasteiger partial charge in [-0.1, -0.05) is 0 Å². The molecule has 0 bridgehead atoms. The number of aryl methyl sites for hydroxylation is 1. The molecular weight excluding hydrogens is 215 g/mol. The molecule has 0 spiro atoms. The van der Waals surface area contributed by atoms with E-state index < -0.39 is 0 Å². The summed E-state index contributed by atoms with van der Waals surface area (Å²) < 4.78 is 15.6. The molecule has 0 radical (unpaired) electrons. The van der Waals surface area contributed by atoms with Gasteiger partial charge >= 0.3 is 0 Å². The molecule has 0 fully saturated rings. The first-order chi connectivity index (χ1) is 8.22. The zero-order valence-corrected chi connectivity index (χ0v) is 10.0. The van der Waals surface area contributed by atoms with E-state index in [1.54, 1.807) is 6.07 Å². The molecule has 2 N–H and O–H groups in total. The van der Waals surface area contributed by atoms with Crippen LogP contribution in [-0.2, 0) is 13.5 Å². The molecule has 0 amide bonds. The maximum absolute atomic E-state index is 13.4. The molecule has 1 aromatic carbocycles. The van der Waals surface area contributed by atoms with Crippen molar-refractivity contribution in [1.82, 2.24) is 4.57 Å². The second kappa shape index (κ2) is 3.84. The van der Waals surface area contributed by atoms with Crippen molar-refractivity contribution in [3.63, 3.8) is 0 Å². The van der Waals surface area contributed by atoms with E-state index >= 15 is 0 Å². The number of nitrogens with zero attached hydrogens (tertiary/aromatic N) is 1. The van der Waals surface area contributed by atoms with Gasteiger partial charge in [0.25, 0.3) is 0 Å². The third-order valence-corrected chi connectivity index (χ3v) is 3.98. The Hall–Kier alpha value is -1.35. The molecule has 1 unspecified atom stereocenters. The van der Waals surface area contributed by atoms with E-state index in [2.05, 4.69) is 11.6 Å². The summed E-state index contributed by atoms with van der Waals surface area (Å²) in [7, 11) is 2.07. The molecule has 0 aliphatic heterocycles. The van der Waals surface area contributed by atoms with Crippen LogP contribution in [0.15, 0.2) is 18.2 Å². The van der Waals surface area contributed by atoms with Crippen molar-refractivity contribution >= 4 is 10.9 Å². The Morgan fingerprint density at radius 1 is 1.47 bits per heavy atom. The lowest BCUT2D eigenvalue weighted by Gasteiger charge is -2.22. The Kier molecular flexibility index (Phi) is 2.44. The lowest BCUT2D eigenvalue weighted by Crippen LogP contribution is -2.18. The molecule has 1 atom stereocenters. The van der Waals surface area contributed by atoms with Gasteiger partial charge in [-0.05, 0) is 55.5 Å². The van der Waals surface area contributed by atoms with Gasteiger partial charge in [0.2, 0.25) is 0 Å². The van der Waals surface area contributed by atoms with E-state index in [4.69, 9.17) is 5.73 Å². The minimum Gasteiger partial charge on any atom is -0.347 e. The maximum atomic E-state index is 13.4. The number of nitrogens with two attached hydrogens (primary N) is 1. The molecular formula is C14H17FN2. The third kappa shape index (κ3) is 1.49. The first kappa shape index (κ1) is 10.8. The quantitative estimate of drug-likeness (QED) is 0.805. The average Bonchev–Trinajstić information content (AvgIpc) is 2.63. The number of halogens is 1. The number of aromatic nitrogens is 1. The van der Waals surface area contributed by atoms with Crippen molar-refractivity contribution in [2.45, 2.75) is 25.2 Å².